The minimum atomic E-state index is -4.04. The highest BCUT2D eigenvalue weighted by Crippen LogP contribution is 2.44. The number of carbonyl (C=O) groups is 1. The van der Waals surface area contributed by atoms with Gasteiger partial charge in [-0.1, -0.05) is 6.42 Å². The molecule has 6 nitrogen and oxygen atoms in total. The summed E-state index contributed by atoms with van der Waals surface area (Å²) in [7, 11) is -2.54. The Morgan fingerprint density at radius 1 is 1.10 bits per heavy atom. The van der Waals surface area contributed by atoms with Crippen molar-refractivity contribution in [2.45, 2.75) is 36.6 Å². The summed E-state index contributed by atoms with van der Waals surface area (Å²) in [5.74, 6) is 0.838. The number of ether oxygens (including phenoxy) is 1. The average molecular weight is 433 g/mol. The van der Waals surface area contributed by atoms with E-state index in [1.54, 1.807) is 12.1 Å². The van der Waals surface area contributed by atoms with Gasteiger partial charge in [0.25, 0.3) is 10.0 Å². The van der Waals surface area contributed by atoms with E-state index >= 15 is 0 Å². The van der Waals surface area contributed by atoms with E-state index in [-0.39, 0.29) is 29.1 Å². The van der Waals surface area contributed by atoms with Crippen LogP contribution >= 0.6 is 0 Å². The highest BCUT2D eigenvalue weighted by molar-refractivity contribution is 7.92. The number of nitrogens with zero attached hydrogens (tertiary/aromatic N) is 1. The van der Waals surface area contributed by atoms with Gasteiger partial charge in [0.05, 0.1) is 17.7 Å². The summed E-state index contributed by atoms with van der Waals surface area (Å²) in [4.78, 5) is 12.8. The zero-order valence-corrected chi connectivity index (χ0v) is 17.6. The molecule has 160 valence electrons. The van der Waals surface area contributed by atoms with Crippen molar-refractivity contribution in [1.82, 2.24) is 5.32 Å². The molecule has 3 atom stereocenters. The van der Waals surface area contributed by atoms with Crippen molar-refractivity contribution in [3.05, 3.63) is 54.3 Å². The van der Waals surface area contributed by atoms with Crippen molar-refractivity contribution < 1.29 is 22.3 Å². The molecule has 2 bridgehead atoms. The summed E-state index contributed by atoms with van der Waals surface area (Å²) in [5.41, 5.74) is 0.232. The molecule has 0 aliphatic heterocycles. The van der Waals surface area contributed by atoms with Gasteiger partial charge in [0, 0.05) is 6.04 Å². The van der Waals surface area contributed by atoms with Crippen LogP contribution in [0.5, 0.6) is 5.75 Å². The van der Waals surface area contributed by atoms with E-state index in [1.807, 2.05) is 0 Å². The SMILES string of the molecule is COc1ccc(S(=O)(=O)N(CC(=O)N[C@@H]2C[C@H]3CC[C@H]2C3)c2ccc(F)cc2)cc1. The number of rotatable bonds is 7. The fraction of sp³-hybridized carbons (Fsp3) is 0.409. The molecule has 2 fully saturated rings. The van der Waals surface area contributed by atoms with Gasteiger partial charge in [0.15, 0.2) is 0 Å². The van der Waals surface area contributed by atoms with E-state index in [0.29, 0.717) is 17.6 Å². The number of anilines is 1. The molecule has 0 unspecified atom stereocenters. The Bertz CT molecular complexity index is 1010. The molecule has 8 heteroatoms. The number of hydrogen-bond acceptors (Lipinski definition) is 4. The number of fused-ring (bicyclic) bond motifs is 2. The third-order valence-corrected chi connectivity index (χ3v) is 7.92. The van der Waals surface area contributed by atoms with Crippen molar-refractivity contribution >= 4 is 21.6 Å². The summed E-state index contributed by atoms with van der Waals surface area (Å²) in [5, 5.41) is 3.02. The molecule has 1 amide bonds. The minimum Gasteiger partial charge on any atom is -0.497 e. The first-order valence-electron chi connectivity index (χ1n) is 10.1. The Balaban J connectivity index is 1.58. The molecule has 0 heterocycles. The lowest BCUT2D eigenvalue weighted by molar-refractivity contribution is -0.120. The molecule has 0 aromatic heterocycles. The lowest BCUT2D eigenvalue weighted by Crippen LogP contribution is -2.46. The van der Waals surface area contributed by atoms with Crippen LogP contribution in [0.3, 0.4) is 0 Å². The first-order chi connectivity index (χ1) is 14.4. The lowest BCUT2D eigenvalue weighted by Gasteiger charge is -2.27. The molecule has 0 radical (unpaired) electrons. The van der Waals surface area contributed by atoms with Crippen LogP contribution in [-0.4, -0.2) is 34.0 Å². The number of hydrogen-bond donors (Lipinski definition) is 1. The molecular weight excluding hydrogens is 407 g/mol. The van der Waals surface area contributed by atoms with Crippen LogP contribution in [0.4, 0.5) is 10.1 Å². The third kappa shape index (κ3) is 4.14. The summed E-state index contributed by atoms with van der Waals surface area (Å²) in [6.07, 6.45) is 4.42. The van der Waals surface area contributed by atoms with Crippen molar-refractivity contribution in [2.24, 2.45) is 11.8 Å². The second-order valence-corrected chi connectivity index (χ2v) is 9.87. The van der Waals surface area contributed by atoms with Crippen molar-refractivity contribution in [1.29, 1.82) is 0 Å². The highest BCUT2D eigenvalue weighted by atomic mass is 32.2. The van der Waals surface area contributed by atoms with Gasteiger partial charge in [-0.05, 0) is 79.6 Å². The third-order valence-electron chi connectivity index (χ3n) is 6.13. The Morgan fingerprint density at radius 2 is 1.80 bits per heavy atom. The van der Waals surface area contributed by atoms with E-state index in [2.05, 4.69) is 5.32 Å². The maximum atomic E-state index is 13.4. The Labute approximate surface area is 176 Å². The van der Waals surface area contributed by atoms with Crippen molar-refractivity contribution in [2.75, 3.05) is 18.0 Å². The summed E-state index contributed by atoms with van der Waals surface area (Å²) < 4.78 is 46.2. The maximum absolute atomic E-state index is 13.4. The average Bonchev–Trinajstić information content (AvgIpc) is 3.36. The van der Waals surface area contributed by atoms with Crippen LogP contribution in [-0.2, 0) is 14.8 Å². The number of methoxy groups -OCH3 is 1. The monoisotopic (exact) mass is 432 g/mol. The Morgan fingerprint density at radius 3 is 2.37 bits per heavy atom. The molecule has 1 N–H and O–H groups in total. The predicted molar refractivity (Wildman–Crippen MR) is 111 cm³/mol. The standard InChI is InChI=1S/C22H25FN2O4S/c1-29-19-8-10-20(11-9-19)30(27,28)25(18-6-4-17(23)5-7-18)14-22(26)24-21-13-15-2-3-16(21)12-15/h4-11,15-16,21H,2-3,12-14H2,1H3,(H,24,26)/t15-,16-,21+/m0/s1. The summed E-state index contributed by atoms with van der Waals surface area (Å²) >= 11 is 0. The van der Waals surface area contributed by atoms with Crippen molar-refractivity contribution in [3.63, 3.8) is 0 Å². The fourth-order valence-corrected chi connectivity index (χ4v) is 6.02. The Kier molecular flexibility index (Phi) is 5.69. The van der Waals surface area contributed by atoms with E-state index in [0.717, 1.165) is 23.6 Å². The molecule has 2 aromatic carbocycles. The molecular formula is C22H25FN2O4S. The van der Waals surface area contributed by atoms with Gasteiger partial charge < -0.3 is 10.1 Å². The largest absolute Gasteiger partial charge is 0.497 e. The normalized spacial score (nSPS) is 22.7. The van der Waals surface area contributed by atoms with Crippen LogP contribution in [0, 0.1) is 17.7 Å². The van der Waals surface area contributed by atoms with Crippen LogP contribution in [0.15, 0.2) is 53.4 Å². The van der Waals surface area contributed by atoms with Gasteiger partial charge in [-0.2, -0.15) is 0 Å². The first kappa shape index (κ1) is 20.7. The van der Waals surface area contributed by atoms with Gasteiger partial charge in [-0.15, -0.1) is 0 Å². The second-order valence-electron chi connectivity index (χ2n) is 8.01. The van der Waals surface area contributed by atoms with Crippen LogP contribution in [0.2, 0.25) is 0 Å². The predicted octanol–water partition coefficient (Wildman–Crippen LogP) is 3.33. The smallest absolute Gasteiger partial charge is 0.264 e. The number of sulfonamides is 1. The number of carbonyl (C=O) groups excluding carboxylic acids is 1. The molecule has 2 aliphatic rings. The van der Waals surface area contributed by atoms with Crippen LogP contribution < -0.4 is 14.4 Å². The van der Waals surface area contributed by atoms with E-state index in [4.69, 9.17) is 4.74 Å². The molecule has 2 aromatic rings. The molecule has 4 rings (SSSR count). The molecule has 30 heavy (non-hydrogen) atoms. The van der Waals surface area contributed by atoms with Gasteiger partial charge in [0.2, 0.25) is 5.91 Å². The van der Waals surface area contributed by atoms with Gasteiger partial charge in [0.1, 0.15) is 18.1 Å². The molecule has 0 saturated heterocycles. The van der Waals surface area contributed by atoms with E-state index < -0.39 is 15.8 Å². The van der Waals surface area contributed by atoms with Gasteiger partial charge in [-0.25, -0.2) is 12.8 Å². The molecule has 0 spiro atoms. The zero-order chi connectivity index (χ0) is 21.3. The molecule has 2 saturated carbocycles. The maximum Gasteiger partial charge on any atom is 0.264 e. The Hall–Kier alpha value is -2.61. The topological polar surface area (TPSA) is 75.7 Å². The summed E-state index contributed by atoms with van der Waals surface area (Å²) in [6.45, 7) is -0.367. The van der Waals surface area contributed by atoms with Gasteiger partial charge >= 0.3 is 0 Å². The number of halogens is 1. The number of nitrogens with one attached hydrogen (secondary N) is 1. The zero-order valence-electron chi connectivity index (χ0n) is 16.8. The second kappa shape index (κ2) is 8.26. The first-order valence-corrected chi connectivity index (χ1v) is 11.5. The minimum absolute atomic E-state index is 0.0281. The van der Waals surface area contributed by atoms with Crippen LogP contribution in [0.25, 0.3) is 0 Å². The number of benzene rings is 2. The van der Waals surface area contributed by atoms with Crippen LogP contribution in [0.1, 0.15) is 25.7 Å². The fourth-order valence-electron chi connectivity index (χ4n) is 4.60. The highest BCUT2D eigenvalue weighted by Gasteiger charge is 2.40. The lowest BCUT2D eigenvalue weighted by atomic mass is 9.95. The summed E-state index contributed by atoms with van der Waals surface area (Å²) in [6, 6.07) is 11.1. The quantitative estimate of drug-likeness (QED) is 0.728. The van der Waals surface area contributed by atoms with Gasteiger partial charge in [-0.3, -0.25) is 9.10 Å². The molecule has 2 aliphatic carbocycles. The van der Waals surface area contributed by atoms with E-state index in [1.165, 1.54) is 49.9 Å². The van der Waals surface area contributed by atoms with E-state index in [9.17, 15) is 17.6 Å². The van der Waals surface area contributed by atoms with Crippen molar-refractivity contribution in [3.8, 4) is 5.75 Å². The number of amides is 1.